The number of hydrogen-bond acceptors (Lipinski definition) is 7. The molecule has 7 N–H and O–H groups in total. The van der Waals surface area contributed by atoms with Crippen molar-refractivity contribution in [1.29, 1.82) is 0 Å². The van der Waals surface area contributed by atoms with Crippen LogP contribution in [0.25, 0.3) is 0 Å². The predicted octanol–water partition coefficient (Wildman–Crippen LogP) is 6.65. The molecule has 47 heavy (non-hydrogen) atoms. The second-order valence-electron chi connectivity index (χ2n) is 12.3. The predicted molar refractivity (Wildman–Crippen MR) is 188 cm³/mol. The summed E-state index contributed by atoms with van der Waals surface area (Å²) in [5.74, 6) is -4.37. The van der Waals surface area contributed by atoms with Gasteiger partial charge < -0.3 is 26.8 Å². The average molecular weight is 681 g/mol. The van der Waals surface area contributed by atoms with E-state index in [4.69, 9.17) is 21.7 Å². The summed E-state index contributed by atoms with van der Waals surface area (Å²) in [6, 6.07) is -2.13. The molecule has 0 aromatic heterocycles. The molecular weight excluding hydrogens is 613 g/mol. The number of unbranched alkanes of at least 4 members (excludes halogenated alkanes) is 17. The van der Waals surface area contributed by atoms with Gasteiger partial charge in [0.1, 0.15) is 12.1 Å². The summed E-state index contributed by atoms with van der Waals surface area (Å²) in [5.41, 5.74) is 10.4. The van der Waals surface area contributed by atoms with E-state index in [0.29, 0.717) is 25.8 Å². The zero-order valence-electron chi connectivity index (χ0n) is 30.0. The quantitative estimate of drug-likeness (QED) is 0.0404. The molecule has 0 aliphatic carbocycles. The number of aliphatic carboxylic acids is 3. The molecule has 0 fully saturated rings. The molecule has 0 unspecified atom stereocenters. The summed E-state index contributed by atoms with van der Waals surface area (Å²) in [6.45, 7) is 4.99. The van der Waals surface area contributed by atoms with Crippen molar-refractivity contribution in [2.45, 2.75) is 186 Å². The normalized spacial score (nSPS) is 11.8. The number of carbonyl (C=O) groups excluding carboxylic acids is 2. The van der Waals surface area contributed by atoms with Gasteiger partial charge in [-0.05, 0) is 38.6 Å². The van der Waals surface area contributed by atoms with E-state index in [1.54, 1.807) is 0 Å². The Morgan fingerprint density at radius 2 is 0.915 bits per heavy atom. The first-order valence-electron chi connectivity index (χ1n) is 18.0. The third-order valence-corrected chi connectivity index (χ3v) is 8.04. The van der Waals surface area contributed by atoms with E-state index in [1.165, 1.54) is 64.2 Å². The van der Waals surface area contributed by atoms with E-state index in [2.05, 4.69) is 13.8 Å². The van der Waals surface area contributed by atoms with Gasteiger partial charge >= 0.3 is 17.9 Å². The van der Waals surface area contributed by atoms with Gasteiger partial charge in [-0.1, -0.05) is 123 Å². The minimum absolute atomic E-state index is 0. The fourth-order valence-corrected chi connectivity index (χ4v) is 5.16. The summed E-state index contributed by atoms with van der Waals surface area (Å²) in [5, 5.41) is 27.0. The number of imide groups is 1. The Kier molecular flexibility index (Phi) is 37.9. The Morgan fingerprint density at radius 3 is 1.23 bits per heavy atom. The topological polar surface area (TPSA) is 201 Å². The van der Waals surface area contributed by atoms with Gasteiger partial charge in [0.05, 0.1) is 0 Å². The van der Waals surface area contributed by atoms with Gasteiger partial charge in [-0.2, -0.15) is 0 Å². The van der Waals surface area contributed by atoms with Crippen LogP contribution < -0.4 is 11.5 Å². The molecule has 0 aliphatic heterocycles. The van der Waals surface area contributed by atoms with Crippen LogP contribution in [-0.2, 0) is 24.0 Å². The summed E-state index contributed by atoms with van der Waals surface area (Å²) in [7, 11) is 0. The molecule has 0 saturated heterocycles. The molecule has 12 heteroatoms. The molecule has 0 saturated carbocycles. The van der Waals surface area contributed by atoms with Crippen molar-refractivity contribution < 1.29 is 39.3 Å². The van der Waals surface area contributed by atoms with Crippen LogP contribution in [0.4, 0.5) is 0 Å². The zero-order valence-corrected chi connectivity index (χ0v) is 32.0. The molecule has 271 valence electrons. The van der Waals surface area contributed by atoms with Crippen molar-refractivity contribution in [1.82, 2.24) is 4.90 Å². The molecular formula is C35H67N3NaO8. The molecule has 0 heterocycles. The van der Waals surface area contributed by atoms with Crippen LogP contribution in [0.15, 0.2) is 0 Å². The molecule has 1 radical (unpaired) electrons. The molecule has 0 aliphatic rings. The fraction of sp³-hybridized carbons (Fsp3) is 0.857. The Morgan fingerprint density at radius 1 is 0.532 bits per heavy atom. The van der Waals surface area contributed by atoms with E-state index in [9.17, 15) is 29.1 Å². The van der Waals surface area contributed by atoms with Crippen LogP contribution >= 0.6 is 0 Å². The van der Waals surface area contributed by atoms with E-state index in [1.807, 2.05) is 0 Å². The molecule has 2 atom stereocenters. The van der Waals surface area contributed by atoms with Gasteiger partial charge in [-0.25, -0.2) is 4.79 Å². The van der Waals surface area contributed by atoms with Crippen molar-refractivity contribution in [2.75, 3.05) is 6.54 Å². The van der Waals surface area contributed by atoms with E-state index >= 15 is 0 Å². The van der Waals surface area contributed by atoms with Crippen LogP contribution in [-0.4, -0.2) is 98.1 Å². The fourth-order valence-electron chi connectivity index (χ4n) is 5.16. The minimum atomic E-state index is -1.42. The minimum Gasteiger partial charge on any atom is -0.481 e. The summed E-state index contributed by atoms with van der Waals surface area (Å²) < 4.78 is 0. The number of hydrogen-bond donors (Lipinski definition) is 5. The first-order chi connectivity index (χ1) is 22.0. The second kappa shape index (κ2) is 35.8. The first kappa shape index (κ1) is 49.9. The van der Waals surface area contributed by atoms with Gasteiger partial charge in [0.2, 0.25) is 11.8 Å². The summed E-state index contributed by atoms with van der Waals surface area (Å²) >= 11 is 0. The average Bonchev–Trinajstić information content (AvgIpc) is 3.01. The van der Waals surface area contributed by atoms with Crippen LogP contribution in [0.1, 0.15) is 174 Å². The van der Waals surface area contributed by atoms with Gasteiger partial charge in [0.25, 0.3) is 0 Å². The third kappa shape index (κ3) is 31.5. The van der Waals surface area contributed by atoms with Crippen molar-refractivity contribution in [2.24, 2.45) is 11.5 Å². The van der Waals surface area contributed by atoms with Gasteiger partial charge in [-0.15, -0.1) is 0 Å². The molecule has 2 amide bonds. The second-order valence-corrected chi connectivity index (χ2v) is 12.3. The van der Waals surface area contributed by atoms with Crippen LogP contribution in [0, 0.1) is 0 Å². The smallest absolute Gasteiger partial charge is 0.326 e. The monoisotopic (exact) mass is 680 g/mol. The number of carbonyl (C=O) groups is 5. The Labute approximate surface area is 306 Å². The summed E-state index contributed by atoms with van der Waals surface area (Å²) in [6.07, 6.45) is 21.3. The zero-order chi connectivity index (χ0) is 35.0. The third-order valence-electron chi connectivity index (χ3n) is 8.04. The molecule has 0 spiro atoms. The standard InChI is InChI=1S/C29H53NO6.C6H14N2O2.Na/c1-3-5-7-9-11-13-15-17-19-21-26(31)30(25(29(35)36)23-24-28(33)34)27(32)22-20-18-16-14-12-10-8-6-4-2;7-4-2-1-3-5(8)6(9)10;/h25H,3-24H2,1-2H3,(H,33,34)(H,35,36);5H,1-4,7-8H2,(H,9,10);/t25-;5-;/m00./s1. The Bertz CT molecular complexity index is 782. The number of amides is 2. The van der Waals surface area contributed by atoms with E-state index < -0.39 is 48.2 Å². The molecule has 0 aromatic rings. The van der Waals surface area contributed by atoms with E-state index in [0.717, 1.165) is 56.3 Å². The van der Waals surface area contributed by atoms with Gasteiger partial charge in [-0.3, -0.25) is 24.1 Å². The van der Waals surface area contributed by atoms with Crippen molar-refractivity contribution in [3.63, 3.8) is 0 Å². The number of rotatable bonds is 30. The molecule has 0 bridgehead atoms. The van der Waals surface area contributed by atoms with Crippen molar-refractivity contribution >= 4 is 59.3 Å². The van der Waals surface area contributed by atoms with Crippen LogP contribution in [0.5, 0.6) is 0 Å². The van der Waals surface area contributed by atoms with Crippen LogP contribution in [0.2, 0.25) is 0 Å². The van der Waals surface area contributed by atoms with Gasteiger partial charge in [0, 0.05) is 48.8 Å². The van der Waals surface area contributed by atoms with E-state index in [-0.39, 0.29) is 48.8 Å². The molecule has 0 aromatic carbocycles. The number of carboxylic acids is 3. The Balaban J connectivity index is -0.00000151. The maximum atomic E-state index is 12.9. The van der Waals surface area contributed by atoms with Crippen molar-refractivity contribution in [3.05, 3.63) is 0 Å². The SMILES string of the molecule is CCCCCCCCCCCC(=O)N(C(=O)CCCCCCCCCCC)[C@@H](CCC(=O)O)C(=O)O.NCCCC[C@H](N)C(=O)O.[Na]. The number of nitrogens with two attached hydrogens (primary N) is 2. The first-order valence-corrected chi connectivity index (χ1v) is 18.0. The Hall–Kier alpha value is -1.53. The largest absolute Gasteiger partial charge is 0.481 e. The molecule has 11 nitrogen and oxygen atoms in total. The maximum absolute atomic E-state index is 12.9. The molecule has 0 rings (SSSR count). The van der Waals surface area contributed by atoms with Crippen molar-refractivity contribution in [3.8, 4) is 0 Å². The maximum Gasteiger partial charge on any atom is 0.326 e. The summed E-state index contributed by atoms with van der Waals surface area (Å²) in [4.78, 5) is 59.8. The van der Waals surface area contributed by atoms with Crippen LogP contribution in [0.3, 0.4) is 0 Å². The number of nitrogens with zero attached hydrogens (tertiary/aromatic N) is 1. The van der Waals surface area contributed by atoms with Gasteiger partial charge in [0.15, 0.2) is 0 Å². The number of carboxylic acid groups (broad SMARTS) is 3.